The lowest BCUT2D eigenvalue weighted by Crippen LogP contribution is -2.46. The van der Waals surface area contributed by atoms with Crippen LogP contribution in [0.3, 0.4) is 0 Å². The molecule has 150 valence electrons. The Kier molecular flexibility index (Phi) is 6.69. The molecule has 2 aliphatic heterocycles. The number of nitrogens with zero attached hydrogens (tertiary/aromatic N) is 3. The summed E-state index contributed by atoms with van der Waals surface area (Å²) in [5, 5.41) is 8.57. The van der Waals surface area contributed by atoms with Crippen LogP contribution in [-0.4, -0.2) is 76.2 Å². The highest BCUT2D eigenvalue weighted by atomic mass is 32.2. The van der Waals surface area contributed by atoms with Gasteiger partial charge in [0.2, 0.25) is 10.0 Å². The minimum absolute atomic E-state index is 0.119. The van der Waals surface area contributed by atoms with Gasteiger partial charge in [0.15, 0.2) is 5.96 Å². The summed E-state index contributed by atoms with van der Waals surface area (Å²) in [4.78, 5) is 9.63. The van der Waals surface area contributed by atoms with Crippen molar-refractivity contribution in [1.82, 2.24) is 15.1 Å². The van der Waals surface area contributed by atoms with Gasteiger partial charge in [-0.1, -0.05) is 12.1 Å². The van der Waals surface area contributed by atoms with Gasteiger partial charge in [0, 0.05) is 38.8 Å². The van der Waals surface area contributed by atoms with Crippen molar-refractivity contribution in [2.45, 2.75) is 30.8 Å². The van der Waals surface area contributed by atoms with Gasteiger partial charge in [-0.3, -0.25) is 4.90 Å². The summed E-state index contributed by atoms with van der Waals surface area (Å²) in [7, 11) is -3.70. The number of rotatable bonds is 5. The summed E-state index contributed by atoms with van der Waals surface area (Å²) in [6.07, 6.45) is 1.12. The van der Waals surface area contributed by atoms with Crippen molar-refractivity contribution >= 4 is 16.0 Å². The van der Waals surface area contributed by atoms with Gasteiger partial charge in [0.05, 0.1) is 24.7 Å². The van der Waals surface area contributed by atoms with Gasteiger partial charge in [0.25, 0.3) is 0 Å². The molecule has 2 aliphatic rings. The molecule has 8 nitrogen and oxygen atoms in total. The maximum Gasteiger partial charge on any atom is 0.238 e. The first kappa shape index (κ1) is 20.1. The van der Waals surface area contributed by atoms with E-state index in [9.17, 15) is 8.42 Å². The second kappa shape index (κ2) is 9.01. The van der Waals surface area contributed by atoms with E-state index in [1.54, 1.807) is 12.1 Å². The average molecular weight is 396 g/mol. The molecular weight excluding hydrogens is 366 g/mol. The van der Waals surface area contributed by atoms with E-state index in [1.165, 1.54) is 6.07 Å². The number of ether oxygens (including phenoxy) is 1. The highest BCUT2D eigenvalue weighted by Gasteiger charge is 2.30. The third-order valence-electron chi connectivity index (χ3n) is 5.00. The zero-order valence-corrected chi connectivity index (χ0v) is 16.6. The number of aliphatic imine (C=N–C) groups is 1. The zero-order chi connectivity index (χ0) is 19.3. The van der Waals surface area contributed by atoms with Crippen LogP contribution in [0.2, 0.25) is 0 Å². The number of morpholine rings is 1. The molecule has 3 rings (SSSR count). The van der Waals surface area contributed by atoms with Crippen LogP contribution in [0.1, 0.15) is 18.9 Å². The Morgan fingerprint density at radius 2 is 2.11 bits per heavy atom. The number of primary sulfonamides is 1. The van der Waals surface area contributed by atoms with Crippen LogP contribution in [0.4, 0.5) is 0 Å². The minimum atomic E-state index is -3.70. The number of guanidine groups is 1. The van der Waals surface area contributed by atoms with Crippen molar-refractivity contribution in [2.24, 2.45) is 10.1 Å². The Labute approximate surface area is 161 Å². The number of nitrogens with one attached hydrogen (secondary N) is 1. The Balaban J connectivity index is 1.66. The fourth-order valence-electron chi connectivity index (χ4n) is 3.59. The van der Waals surface area contributed by atoms with E-state index in [1.807, 2.05) is 13.0 Å². The maximum atomic E-state index is 11.5. The van der Waals surface area contributed by atoms with Gasteiger partial charge in [0.1, 0.15) is 0 Å². The van der Waals surface area contributed by atoms with Crippen molar-refractivity contribution < 1.29 is 13.2 Å². The number of sulfonamides is 1. The summed E-state index contributed by atoms with van der Waals surface area (Å²) in [6.45, 7) is 8.76. The van der Waals surface area contributed by atoms with E-state index < -0.39 is 10.0 Å². The van der Waals surface area contributed by atoms with Gasteiger partial charge in [-0.25, -0.2) is 18.5 Å². The Hall–Kier alpha value is -1.68. The fraction of sp³-hybridized carbons (Fsp3) is 0.611. The normalized spacial score (nSPS) is 22.2. The second-order valence-electron chi connectivity index (χ2n) is 6.90. The molecule has 0 spiro atoms. The molecule has 3 N–H and O–H groups in total. The first-order valence-corrected chi connectivity index (χ1v) is 11.0. The van der Waals surface area contributed by atoms with Crippen LogP contribution in [-0.2, 0) is 21.3 Å². The molecule has 2 heterocycles. The highest BCUT2D eigenvalue weighted by Crippen LogP contribution is 2.17. The Morgan fingerprint density at radius 1 is 1.33 bits per heavy atom. The molecule has 1 atom stereocenters. The lowest BCUT2D eigenvalue weighted by atomic mass is 10.2. The van der Waals surface area contributed by atoms with E-state index in [0.717, 1.165) is 63.9 Å². The summed E-state index contributed by atoms with van der Waals surface area (Å²) < 4.78 is 28.5. The van der Waals surface area contributed by atoms with Crippen molar-refractivity contribution in [3.63, 3.8) is 0 Å². The SMILES string of the molecule is CCNC(=NCc1cccc(S(N)(=O)=O)c1)N1CCC(N2CCOCC2)C1. The first-order valence-electron chi connectivity index (χ1n) is 9.44. The molecule has 27 heavy (non-hydrogen) atoms. The molecule has 2 saturated heterocycles. The van der Waals surface area contributed by atoms with E-state index >= 15 is 0 Å². The van der Waals surface area contributed by atoms with Crippen LogP contribution in [0, 0.1) is 0 Å². The monoisotopic (exact) mass is 395 g/mol. The molecule has 0 radical (unpaired) electrons. The Bertz CT molecular complexity index is 762. The third kappa shape index (κ3) is 5.41. The number of nitrogens with two attached hydrogens (primary N) is 1. The quantitative estimate of drug-likeness (QED) is 0.546. The number of benzene rings is 1. The lowest BCUT2D eigenvalue weighted by molar-refractivity contribution is 0.0195. The first-order chi connectivity index (χ1) is 13.0. The summed E-state index contributed by atoms with van der Waals surface area (Å²) >= 11 is 0. The molecule has 0 aromatic heterocycles. The second-order valence-corrected chi connectivity index (χ2v) is 8.46. The fourth-order valence-corrected chi connectivity index (χ4v) is 4.17. The van der Waals surface area contributed by atoms with Crippen molar-refractivity contribution in [3.8, 4) is 0 Å². The highest BCUT2D eigenvalue weighted by molar-refractivity contribution is 7.89. The number of hydrogen-bond donors (Lipinski definition) is 2. The third-order valence-corrected chi connectivity index (χ3v) is 5.91. The van der Waals surface area contributed by atoms with E-state index in [0.29, 0.717) is 12.6 Å². The molecule has 0 saturated carbocycles. The van der Waals surface area contributed by atoms with Gasteiger partial charge < -0.3 is 15.0 Å². The summed E-state index contributed by atoms with van der Waals surface area (Å²) in [5.41, 5.74) is 0.820. The largest absolute Gasteiger partial charge is 0.379 e. The predicted octanol–water partition coefficient (Wildman–Crippen LogP) is 0.206. The molecular formula is C18H29N5O3S. The van der Waals surface area contributed by atoms with Crippen LogP contribution in [0.5, 0.6) is 0 Å². The molecule has 1 aromatic carbocycles. The molecule has 9 heteroatoms. The molecule has 0 bridgehead atoms. The van der Waals surface area contributed by atoms with E-state index in [4.69, 9.17) is 14.9 Å². The number of hydrogen-bond acceptors (Lipinski definition) is 5. The van der Waals surface area contributed by atoms with Crippen molar-refractivity contribution in [1.29, 1.82) is 0 Å². The van der Waals surface area contributed by atoms with Crippen LogP contribution in [0.25, 0.3) is 0 Å². The number of likely N-dealkylation sites (tertiary alicyclic amines) is 1. The topological polar surface area (TPSA) is 100 Å². The molecule has 2 fully saturated rings. The van der Waals surface area contributed by atoms with Crippen LogP contribution < -0.4 is 10.5 Å². The van der Waals surface area contributed by atoms with Gasteiger partial charge in [-0.05, 0) is 31.0 Å². The smallest absolute Gasteiger partial charge is 0.238 e. The van der Waals surface area contributed by atoms with Gasteiger partial charge >= 0.3 is 0 Å². The predicted molar refractivity (Wildman–Crippen MR) is 105 cm³/mol. The van der Waals surface area contributed by atoms with E-state index in [-0.39, 0.29) is 4.90 Å². The Morgan fingerprint density at radius 3 is 2.81 bits per heavy atom. The molecule has 0 aliphatic carbocycles. The van der Waals surface area contributed by atoms with E-state index in [2.05, 4.69) is 15.1 Å². The lowest BCUT2D eigenvalue weighted by Gasteiger charge is -2.32. The zero-order valence-electron chi connectivity index (χ0n) is 15.8. The average Bonchev–Trinajstić information content (AvgIpc) is 3.15. The standard InChI is InChI=1S/C18H29N5O3S/c1-2-20-18(21-13-15-4-3-5-17(12-15)27(19,24)25)23-7-6-16(14-23)22-8-10-26-11-9-22/h3-5,12,16H,2,6-11,13-14H2,1H3,(H,20,21)(H2,19,24,25). The van der Waals surface area contributed by atoms with Gasteiger partial charge in [-0.2, -0.15) is 0 Å². The molecule has 0 amide bonds. The summed E-state index contributed by atoms with van der Waals surface area (Å²) in [5.74, 6) is 0.870. The minimum Gasteiger partial charge on any atom is -0.379 e. The van der Waals surface area contributed by atoms with Crippen LogP contribution in [0.15, 0.2) is 34.2 Å². The van der Waals surface area contributed by atoms with Crippen molar-refractivity contribution in [2.75, 3.05) is 45.9 Å². The molecule has 1 unspecified atom stereocenters. The van der Waals surface area contributed by atoms with Crippen LogP contribution >= 0.6 is 0 Å². The van der Waals surface area contributed by atoms with Crippen molar-refractivity contribution in [3.05, 3.63) is 29.8 Å². The van der Waals surface area contributed by atoms with Gasteiger partial charge in [-0.15, -0.1) is 0 Å². The summed E-state index contributed by atoms with van der Waals surface area (Å²) in [6, 6.07) is 7.18. The molecule has 1 aromatic rings. The maximum absolute atomic E-state index is 11.5.